The van der Waals surface area contributed by atoms with Gasteiger partial charge >= 0.3 is 0 Å². The van der Waals surface area contributed by atoms with Crippen LogP contribution < -0.4 is 5.32 Å². The van der Waals surface area contributed by atoms with Gasteiger partial charge < -0.3 is 14.3 Å². The molecule has 2 heterocycles. The van der Waals surface area contributed by atoms with Crippen LogP contribution in [0.4, 0.5) is 0 Å². The molecule has 1 unspecified atom stereocenters. The summed E-state index contributed by atoms with van der Waals surface area (Å²) in [4.78, 5) is 4.40. The van der Waals surface area contributed by atoms with Gasteiger partial charge in [-0.2, -0.15) is 4.98 Å². The minimum atomic E-state index is 0.302. The molecule has 0 saturated heterocycles. The van der Waals surface area contributed by atoms with Gasteiger partial charge in [0.15, 0.2) is 11.6 Å². The van der Waals surface area contributed by atoms with Gasteiger partial charge in [-0.25, -0.2) is 0 Å². The van der Waals surface area contributed by atoms with Crippen molar-refractivity contribution in [3.8, 4) is 11.7 Å². The van der Waals surface area contributed by atoms with E-state index in [1.807, 2.05) is 19.2 Å². The molecule has 0 aliphatic rings. The maximum absolute atomic E-state index is 5.82. The van der Waals surface area contributed by atoms with E-state index in [4.69, 9.17) is 8.94 Å². The topological polar surface area (TPSA) is 64.1 Å². The molecular formula is C16H19N3O2. The molecule has 3 rings (SSSR count). The highest BCUT2D eigenvalue weighted by Crippen LogP contribution is 2.28. The first-order chi connectivity index (χ1) is 10.1. The number of hydrogen-bond donors (Lipinski definition) is 1. The summed E-state index contributed by atoms with van der Waals surface area (Å²) < 4.78 is 11.1. The lowest BCUT2D eigenvalue weighted by molar-refractivity contribution is 0.408. The summed E-state index contributed by atoms with van der Waals surface area (Å²) in [5.74, 6) is 1.73. The molecule has 1 N–H and O–H groups in total. The molecule has 0 aliphatic heterocycles. The zero-order valence-electron chi connectivity index (χ0n) is 12.7. The summed E-state index contributed by atoms with van der Waals surface area (Å²) in [6.45, 7) is 6.23. The van der Waals surface area contributed by atoms with Gasteiger partial charge in [-0.1, -0.05) is 5.16 Å². The van der Waals surface area contributed by atoms with E-state index in [-0.39, 0.29) is 0 Å². The largest absolute Gasteiger partial charge is 0.451 e. The smallest absolute Gasteiger partial charge is 0.293 e. The van der Waals surface area contributed by atoms with E-state index < -0.39 is 0 Å². The number of aromatic nitrogens is 2. The van der Waals surface area contributed by atoms with Crippen LogP contribution in [0.15, 0.2) is 27.1 Å². The van der Waals surface area contributed by atoms with Gasteiger partial charge in [-0.15, -0.1) is 0 Å². The molecule has 1 atom stereocenters. The molecule has 0 fully saturated rings. The van der Waals surface area contributed by atoms with Crippen LogP contribution in [0.3, 0.4) is 0 Å². The van der Waals surface area contributed by atoms with Crippen molar-refractivity contribution in [1.82, 2.24) is 15.5 Å². The van der Waals surface area contributed by atoms with Gasteiger partial charge in [0.2, 0.25) is 0 Å². The number of aryl methyl sites for hydroxylation is 2. The summed E-state index contributed by atoms with van der Waals surface area (Å²) in [6, 6.07) is 6.39. The number of benzene rings is 1. The van der Waals surface area contributed by atoms with Crippen LogP contribution >= 0.6 is 0 Å². The van der Waals surface area contributed by atoms with Crippen molar-refractivity contribution in [2.24, 2.45) is 0 Å². The highest BCUT2D eigenvalue weighted by atomic mass is 16.5. The lowest BCUT2D eigenvalue weighted by Gasteiger charge is -2.04. The Morgan fingerprint density at radius 1 is 1.19 bits per heavy atom. The van der Waals surface area contributed by atoms with Gasteiger partial charge in [-0.05, 0) is 57.1 Å². The number of rotatable bonds is 4. The van der Waals surface area contributed by atoms with E-state index in [0.717, 1.165) is 17.4 Å². The lowest BCUT2D eigenvalue weighted by Crippen LogP contribution is -2.24. The maximum atomic E-state index is 5.82. The highest BCUT2D eigenvalue weighted by Gasteiger charge is 2.15. The number of nitrogens with one attached hydrogen (secondary N) is 1. The van der Waals surface area contributed by atoms with Crippen molar-refractivity contribution < 1.29 is 8.94 Å². The van der Waals surface area contributed by atoms with E-state index in [1.165, 1.54) is 11.1 Å². The summed E-state index contributed by atoms with van der Waals surface area (Å²) in [7, 11) is 1.91. The van der Waals surface area contributed by atoms with Crippen molar-refractivity contribution in [2.45, 2.75) is 33.2 Å². The molecule has 5 heteroatoms. The van der Waals surface area contributed by atoms with Crippen LogP contribution in [-0.4, -0.2) is 23.2 Å². The molecular weight excluding hydrogens is 266 g/mol. The SMILES string of the molecule is CNC(C)Cc1noc(-c2cc3cc(C)c(C)cc3o2)n1. The monoisotopic (exact) mass is 285 g/mol. The molecule has 3 aromatic rings. The molecule has 110 valence electrons. The highest BCUT2D eigenvalue weighted by molar-refractivity contribution is 5.83. The molecule has 0 aliphatic carbocycles. The fourth-order valence-corrected chi connectivity index (χ4v) is 2.22. The number of hydrogen-bond acceptors (Lipinski definition) is 5. The lowest BCUT2D eigenvalue weighted by atomic mass is 10.1. The summed E-state index contributed by atoms with van der Waals surface area (Å²) >= 11 is 0. The Bertz CT molecular complexity index is 734. The Labute approximate surface area is 123 Å². The van der Waals surface area contributed by atoms with E-state index in [2.05, 4.69) is 42.3 Å². The first kappa shape index (κ1) is 13.8. The third-order valence-electron chi connectivity index (χ3n) is 3.79. The Balaban J connectivity index is 1.93. The van der Waals surface area contributed by atoms with Crippen LogP contribution in [0.2, 0.25) is 0 Å². The van der Waals surface area contributed by atoms with Crippen LogP contribution in [-0.2, 0) is 6.42 Å². The molecule has 2 aromatic heterocycles. The van der Waals surface area contributed by atoms with Crippen LogP contribution in [0.25, 0.3) is 22.6 Å². The Morgan fingerprint density at radius 3 is 2.71 bits per heavy atom. The minimum absolute atomic E-state index is 0.302. The van der Waals surface area contributed by atoms with Gasteiger partial charge in [0, 0.05) is 17.8 Å². The number of fused-ring (bicyclic) bond motifs is 1. The summed E-state index contributed by atoms with van der Waals surface area (Å²) in [6.07, 6.45) is 0.721. The molecule has 0 radical (unpaired) electrons. The molecule has 0 bridgehead atoms. The van der Waals surface area contributed by atoms with E-state index >= 15 is 0 Å². The quantitative estimate of drug-likeness (QED) is 0.797. The summed E-state index contributed by atoms with van der Waals surface area (Å²) in [5, 5.41) is 8.20. The first-order valence-electron chi connectivity index (χ1n) is 7.08. The molecule has 0 spiro atoms. The van der Waals surface area contributed by atoms with Crippen LogP contribution in [0.5, 0.6) is 0 Å². The third-order valence-corrected chi connectivity index (χ3v) is 3.79. The molecule has 5 nitrogen and oxygen atoms in total. The molecule has 0 amide bonds. The van der Waals surface area contributed by atoms with Crippen molar-refractivity contribution in [3.63, 3.8) is 0 Å². The Kier molecular flexibility index (Phi) is 3.51. The van der Waals surface area contributed by atoms with Crippen LogP contribution in [0.1, 0.15) is 23.9 Å². The van der Waals surface area contributed by atoms with Crippen molar-refractivity contribution >= 4 is 11.0 Å². The van der Waals surface area contributed by atoms with Crippen molar-refractivity contribution in [3.05, 3.63) is 35.2 Å². The number of likely N-dealkylation sites (N-methyl/N-ethyl adjacent to an activating group) is 1. The Hall–Kier alpha value is -2.14. The second-order valence-corrected chi connectivity index (χ2v) is 5.49. The maximum Gasteiger partial charge on any atom is 0.293 e. The Morgan fingerprint density at radius 2 is 1.95 bits per heavy atom. The molecule has 0 saturated carbocycles. The van der Waals surface area contributed by atoms with Crippen molar-refractivity contribution in [2.75, 3.05) is 7.05 Å². The standard InChI is InChI=1S/C16H19N3O2/c1-9-5-12-8-14(20-13(12)6-10(9)2)16-18-15(19-21-16)7-11(3)17-4/h5-6,8,11,17H,7H2,1-4H3. The third kappa shape index (κ3) is 2.69. The first-order valence-corrected chi connectivity index (χ1v) is 7.08. The van der Waals surface area contributed by atoms with E-state index in [9.17, 15) is 0 Å². The average molecular weight is 285 g/mol. The fraction of sp³-hybridized carbons (Fsp3) is 0.375. The second-order valence-electron chi connectivity index (χ2n) is 5.49. The number of furan rings is 1. The summed E-state index contributed by atoms with van der Waals surface area (Å²) in [5.41, 5.74) is 3.29. The minimum Gasteiger partial charge on any atom is -0.451 e. The molecule has 1 aromatic carbocycles. The van der Waals surface area contributed by atoms with Crippen LogP contribution in [0, 0.1) is 13.8 Å². The van der Waals surface area contributed by atoms with Crippen molar-refractivity contribution in [1.29, 1.82) is 0 Å². The average Bonchev–Trinajstić information content (AvgIpc) is 3.06. The predicted octanol–water partition coefficient (Wildman–Crippen LogP) is 3.25. The predicted molar refractivity (Wildman–Crippen MR) is 81.2 cm³/mol. The van der Waals surface area contributed by atoms with Gasteiger partial charge in [-0.3, -0.25) is 0 Å². The zero-order chi connectivity index (χ0) is 15.0. The van der Waals surface area contributed by atoms with Gasteiger partial charge in [0.25, 0.3) is 5.89 Å². The van der Waals surface area contributed by atoms with E-state index in [1.54, 1.807) is 0 Å². The fourth-order valence-electron chi connectivity index (χ4n) is 2.22. The number of nitrogens with zero attached hydrogens (tertiary/aromatic N) is 2. The van der Waals surface area contributed by atoms with Gasteiger partial charge in [0.05, 0.1) is 0 Å². The second kappa shape index (κ2) is 5.33. The molecule has 21 heavy (non-hydrogen) atoms. The van der Waals surface area contributed by atoms with Gasteiger partial charge in [0.1, 0.15) is 5.58 Å². The zero-order valence-corrected chi connectivity index (χ0v) is 12.7. The van der Waals surface area contributed by atoms with E-state index in [0.29, 0.717) is 23.5 Å². The normalized spacial score (nSPS) is 13.0.